The molecular weight excluding hydrogens is 638 g/mol. The van der Waals surface area contributed by atoms with E-state index in [1.54, 1.807) is 66.9 Å². The van der Waals surface area contributed by atoms with Gasteiger partial charge in [0.15, 0.2) is 6.23 Å². The molecule has 2 saturated heterocycles. The van der Waals surface area contributed by atoms with E-state index in [0.29, 0.717) is 54.0 Å². The van der Waals surface area contributed by atoms with Crippen LogP contribution in [0.25, 0.3) is 22.0 Å². The minimum absolute atomic E-state index is 0.0332. The van der Waals surface area contributed by atoms with Crippen LogP contribution in [0.2, 0.25) is 0 Å². The van der Waals surface area contributed by atoms with Gasteiger partial charge in [0, 0.05) is 24.9 Å². The van der Waals surface area contributed by atoms with Gasteiger partial charge < -0.3 is 20.1 Å². The summed E-state index contributed by atoms with van der Waals surface area (Å²) in [7, 11) is 0. The molecule has 2 aliphatic heterocycles. The number of halogens is 4. The average Bonchev–Trinajstić information content (AvgIpc) is 3.39. The number of amides is 1. The second-order valence-electron chi connectivity index (χ2n) is 13.8. The van der Waals surface area contributed by atoms with Crippen LogP contribution in [0, 0.1) is 11.4 Å². The van der Waals surface area contributed by atoms with Crippen molar-refractivity contribution in [1.82, 2.24) is 14.8 Å². The highest BCUT2D eigenvalue weighted by atomic mass is 19.4. The minimum atomic E-state index is -4.54. The van der Waals surface area contributed by atoms with Gasteiger partial charge in [0.25, 0.3) is 0 Å². The molecule has 2 N–H and O–H groups in total. The van der Waals surface area contributed by atoms with Gasteiger partial charge >= 0.3 is 12.3 Å². The Hall–Kier alpha value is -4.45. The van der Waals surface area contributed by atoms with Crippen molar-refractivity contribution in [3.8, 4) is 0 Å². The van der Waals surface area contributed by atoms with Crippen LogP contribution in [-0.2, 0) is 9.47 Å². The molecule has 260 valence electrons. The lowest BCUT2D eigenvalue weighted by Crippen LogP contribution is -2.57. The van der Waals surface area contributed by atoms with E-state index in [2.05, 4.69) is 10.00 Å². The van der Waals surface area contributed by atoms with E-state index in [1.165, 1.54) is 4.68 Å². The maximum atomic E-state index is 15.5. The first-order valence-corrected chi connectivity index (χ1v) is 16.6. The quantitative estimate of drug-likeness (QED) is 0.155. The molecule has 2 unspecified atom stereocenters. The highest BCUT2D eigenvalue weighted by Gasteiger charge is 2.42. The van der Waals surface area contributed by atoms with Crippen LogP contribution in [0.1, 0.15) is 82.2 Å². The maximum Gasteiger partial charge on any atom is 0.404 e. The van der Waals surface area contributed by atoms with Gasteiger partial charge in [0.2, 0.25) is 5.95 Å². The molecule has 0 spiro atoms. The molecule has 12 heteroatoms. The molecular formula is C37H41F4N5O3. The van der Waals surface area contributed by atoms with E-state index in [0.717, 1.165) is 19.3 Å². The lowest BCUT2D eigenvalue weighted by atomic mass is 9.78. The number of rotatable bonds is 7. The van der Waals surface area contributed by atoms with Gasteiger partial charge in [0.1, 0.15) is 11.9 Å². The van der Waals surface area contributed by atoms with E-state index >= 15 is 4.39 Å². The first kappa shape index (κ1) is 34.4. The van der Waals surface area contributed by atoms with Crippen molar-refractivity contribution in [1.29, 1.82) is 0 Å². The lowest BCUT2D eigenvalue weighted by molar-refractivity contribution is -0.122. The largest absolute Gasteiger partial charge is 0.444 e. The number of carbonyl (C=O) groups is 1. The first-order chi connectivity index (χ1) is 23.3. The summed E-state index contributed by atoms with van der Waals surface area (Å²) in [5.41, 5.74) is 7.12. The van der Waals surface area contributed by atoms with Gasteiger partial charge in [-0.2, -0.15) is 17.6 Å². The van der Waals surface area contributed by atoms with Crippen molar-refractivity contribution >= 4 is 34.0 Å². The summed E-state index contributed by atoms with van der Waals surface area (Å²) in [4.78, 5) is 18.6. The summed E-state index contributed by atoms with van der Waals surface area (Å²) >= 11 is 0. The molecule has 4 aromatic rings. The standard InChI is InChI=1S/C37H41F4N5O3/c1-36(2,3)33-29(49-35(42)47)12-9-18-45(33)30-17-15-25(22-43-30)32(27(21-37(39,40)41)23-10-5-4-6-11-23)24-14-16-28-26(20-24)34(38)44-46(28)31-13-7-8-19-48-31/h4-6,10-11,14-17,20,22,29,31,33H,7-9,12-13,18-19,21H2,1-3H3,(H2,42,47)/b32-27-/t29-,31?,33?/m0/s1. The molecule has 2 fully saturated rings. The molecule has 49 heavy (non-hydrogen) atoms. The van der Waals surface area contributed by atoms with E-state index < -0.39 is 37.0 Å². The van der Waals surface area contributed by atoms with Crippen LogP contribution in [0.3, 0.4) is 0 Å². The maximum absolute atomic E-state index is 15.5. The summed E-state index contributed by atoms with van der Waals surface area (Å²) in [6.45, 7) is 7.33. The van der Waals surface area contributed by atoms with Crippen LogP contribution in [0.4, 0.5) is 28.2 Å². The zero-order valence-electron chi connectivity index (χ0n) is 27.8. The van der Waals surface area contributed by atoms with E-state index in [-0.39, 0.29) is 28.0 Å². The van der Waals surface area contributed by atoms with Crippen molar-refractivity contribution in [2.45, 2.75) is 83.8 Å². The van der Waals surface area contributed by atoms with Gasteiger partial charge in [0.05, 0.1) is 23.4 Å². The molecule has 2 aromatic carbocycles. The van der Waals surface area contributed by atoms with Crippen molar-refractivity contribution in [2.24, 2.45) is 11.1 Å². The topological polar surface area (TPSA) is 95.5 Å². The zero-order chi connectivity index (χ0) is 34.9. The monoisotopic (exact) mass is 679 g/mol. The molecule has 0 saturated carbocycles. The summed E-state index contributed by atoms with van der Waals surface area (Å²) < 4.78 is 71.3. The first-order valence-electron chi connectivity index (χ1n) is 16.6. The molecule has 4 heterocycles. The fourth-order valence-electron chi connectivity index (χ4n) is 7.30. The number of benzene rings is 2. The van der Waals surface area contributed by atoms with Crippen molar-refractivity contribution in [3.63, 3.8) is 0 Å². The highest BCUT2D eigenvalue weighted by molar-refractivity contribution is 6.00. The number of hydrogen-bond acceptors (Lipinski definition) is 6. The number of alkyl halides is 3. The molecule has 6 rings (SSSR count). The second kappa shape index (κ2) is 13.8. The number of nitrogens with two attached hydrogens (primary N) is 1. The molecule has 0 aliphatic carbocycles. The number of aromatic nitrogens is 3. The Labute approximate surface area is 282 Å². The minimum Gasteiger partial charge on any atom is -0.444 e. The molecule has 8 nitrogen and oxygen atoms in total. The molecule has 2 aliphatic rings. The normalized spacial score (nSPS) is 21.0. The molecule has 2 aromatic heterocycles. The van der Waals surface area contributed by atoms with Gasteiger partial charge in [-0.3, -0.25) is 0 Å². The van der Waals surface area contributed by atoms with Crippen LogP contribution in [0.5, 0.6) is 0 Å². The third kappa shape index (κ3) is 7.59. The third-order valence-electron chi connectivity index (χ3n) is 9.24. The number of nitrogens with zero attached hydrogens (tertiary/aromatic N) is 4. The summed E-state index contributed by atoms with van der Waals surface area (Å²) in [6.07, 6.45) is -2.00. The predicted octanol–water partition coefficient (Wildman–Crippen LogP) is 8.66. The van der Waals surface area contributed by atoms with Crippen molar-refractivity contribution in [2.75, 3.05) is 18.1 Å². The smallest absolute Gasteiger partial charge is 0.404 e. The van der Waals surface area contributed by atoms with E-state index in [9.17, 15) is 18.0 Å². The Morgan fingerprint density at radius 3 is 2.37 bits per heavy atom. The second-order valence-corrected chi connectivity index (χ2v) is 13.8. The number of ether oxygens (including phenoxy) is 2. The number of primary amides is 1. The third-order valence-corrected chi connectivity index (χ3v) is 9.24. The number of pyridine rings is 1. The van der Waals surface area contributed by atoms with Gasteiger partial charge in [-0.05, 0) is 84.1 Å². The Morgan fingerprint density at radius 1 is 0.980 bits per heavy atom. The molecule has 3 atom stereocenters. The van der Waals surface area contributed by atoms with Crippen molar-refractivity contribution < 1.29 is 31.8 Å². The fourth-order valence-corrected chi connectivity index (χ4v) is 7.30. The Balaban J connectivity index is 1.49. The SMILES string of the molecule is CC(C)(C)C1[C@@H](OC(N)=O)CCCN1c1ccc(/C(=C(/CC(F)(F)F)c2ccccc2)c2ccc3c(c2)c(F)nn3C2CCCCO2)cn1. The Kier molecular flexibility index (Phi) is 9.70. The number of hydrogen-bond donors (Lipinski definition) is 1. The van der Waals surface area contributed by atoms with E-state index in [4.69, 9.17) is 20.2 Å². The summed E-state index contributed by atoms with van der Waals surface area (Å²) in [6, 6.07) is 16.6. The Morgan fingerprint density at radius 2 is 1.73 bits per heavy atom. The van der Waals surface area contributed by atoms with Crippen LogP contribution in [0.15, 0.2) is 66.9 Å². The van der Waals surface area contributed by atoms with Gasteiger partial charge in [-0.1, -0.05) is 57.2 Å². The Bertz CT molecular complexity index is 1810. The highest BCUT2D eigenvalue weighted by Crippen LogP contribution is 2.42. The predicted molar refractivity (Wildman–Crippen MR) is 180 cm³/mol. The average molecular weight is 680 g/mol. The van der Waals surface area contributed by atoms with Gasteiger partial charge in [-0.25, -0.2) is 14.5 Å². The molecule has 1 amide bonds. The van der Waals surface area contributed by atoms with Crippen LogP contribution < -0.4 is 10.6 Å². The molecule has 0 radical (unpaired) electrons. The fraction of sp³-hybridized carbons (Fsp3) is 0.432. The number of carbonyl (C=O) groups excluding carboxylic acids is 1. The van der Waals surface area contributed by atoms with Crippen molar-refractivity contribution in [3.05, 3.63) is 89.5 Å². The number of piperidine rings is 1. The van der Waals surface area contributed by atoms with Crippen LogP contribution >= 0.6 is 0 Å². The summed E-state index contributed by atoms with van der Waals surface area (Å²) in [5, 5.41) is 4.32. The number of fused-ring (bicyclic) bond motifs is 1. The van der Waals surface area contributed by atoms with Crippen LogP contribution in [-0.4, -0.2) is 52.3 Å². The van der Waals surface area contributed by atoms with E-state index in [1.807, 2.05) is 20.8 Å². The lowest BCUT2D eigenvalue weighted by Gasteiger charge is -2.47. The summed E-state index contributed by atoms with van der Waals surface area (Å²) in [5.74, 6) is -0.130. The number of anilines is 1. The number of allylic oxidation sites excluding steroid dienone is 1. The zero-order valence-corrected chi connectivity index (χ0v) is 27.8. The molecule has 0 bridgehead atoms. The van der Waals surface area contributed by atoms with Gasteiger partial charge in [-0.15, -0.1) is 5.10 Å².